The highest BCUT2D eigenvalue weighted by Gasteiger charge is 2.21. The number of carboxylic acid groups (broad SMARTS) is 1. The quantitative estimate of drug-likeness (QED) is 0.888. The van der Waals surface area contributed by atoms with Crippen LogP contribution in [0.1, 0.15) is 29.3 Å². The number of carbonyl (C=O) groups is 3. The highest BCUT2D eigenvalue weighted by atomic mass is 16.4. The van der Waals surface area contributed by atoms with Gasteiger partial charge in [-0.2, -0.15) is 0 Å². The number of amides is 2. The first kappa shape index (κ1) is 15.0. The molecule has 0 saturated carbocycles. The zero-order chi connectivity index (χ0) is 15.6. The molecular weight excluding hydrogens is 272 g/mol. The Hall–Kier alpha value is -2.37. The standard InChI is InChI=1S/C15H18N2O4/c1-9(14(19)20)8-17(2)15(21)16-11-4-5-12-10(7-11)3-6-13(12)18/h4-5,7,9H,3,6,8H2,1-2H3,(H,16,21)(H,19,20). The number of hydrogen-bond donors (Lipinski definition) is 2. The van der Waals surface area contributed by atoms with Gasteiger partial charge in [-0.15, -0.1) is 0 Å². The smallest absolute Gasteiger partial charge is 0.321 e. The maximum Gasteiger partial charge on any atom is 0.321 e. The van der Waals surface area contributed by atoms with Crippen molar-refractivity contribution in [2.75, 3.05) is 18.9 Å². The van der Waals surface area contributed by atoms with Crippen LogP contribution < -0.4 is 5.32 Å². The highest BCUT2D eigenvalue weighted by molar-refractivity contribution is 6.01. The minimum atomic E-state index is -0.939. The Bertz CT molecular complexity index is 597. The monoisotopic (exact) mass is 290 g/mol. The van der Waals surface area contributed by atoms with Crippen LogP contribution >= 0.6 is 0 Å². The number of carbonyl (C=O) groups excluding carboxylic acids is 2. The number of ketones is 1. The molecule has 2 N–H and O–H groups in total. The molecule has 0 bridgehead atoms. The van der Waals surface area contributed by atoms with Crippen molar-refractivity contribution in [3.63, 3.8) is 0 Å². The molecule has 0 fully saturated rings. The number of nitrogens with one attached hydrogen (secondary N) is 1. The summed E-state index contributed by atoms with van der Waals surface area (Å²) in [5.74, 6) is -1.43. The number of aliphatic carboxylic acids is 1. The predicted molar refractivity (Wildman–Crippen MR) is 77.5 cm³/mol. The Morgan fingerprint density at radius 3 is 2.76 bits per heavy atom. The van der Waals surface area contributed by atoms with E-state index >= 15 is 0 Å². The van der Waals surface area contributed by atoms with Crippen molar-refractivity contribution in [1.29, 1.82) is 0 Å². The topological polar surface area (TPSA) is 86.7 Å². The van der Waals surface area contributed by atoms with E-state index in [0.717, 1.165) is 11.1 Å². The van der Waals surface area contributed by atoms with Gasteiger partial charge in [0, 0.05) is 31.3 Å². The third kappa shape index (κ3) is 3.39. The molecule has 1 aliphatic rings. The van der Waals surface area contributed by atoms with Crippen LogP contribution in [0.5, 0.6) is 0 Å². The van der Waals surface area contributed by atoms with Gasteiger partial charge in [-0.3, -0.25) is 9.59 Å². The summed E-state index contributed by atoms with van der Waals surface area (Å²) in [5, 5.41) is 11.6. The lowest BCUT2D eigenvalue weighted by molar-refractivity contribution is -0.141. The number of fused-ring (bicyclic) bond motifs is 1. The summed E-state index contributed by atoms with van der Waals surface area (Å²) < 4.78 is 0. The molecule has 6 heteroatoms. The van der Waals surface area contributed by atoms with E-state index in [-0.39, 0.29) is 18.4 Å². The predicted octanol–water partition coefficient (Wildman–Crippen LogP) is 2.00. The van der Waals surface area contributed by atoms with Gasteiger partial charge in [0.1, 0.15) is 0 Å². The van der Waals surface area contributed by atoms with Gasteiger partial charge in [0.05, 0.1) is 5.92 Å². The summed E-state index contributed by atoms with van der Waals surface area (Å²) in [6, 6.07) is 4.84. The number of aryl methyl sites for hydroxylation is 1. The molecule has 0 aliphatic heterocycles. The average Bonchev–Trinajstić information content (AvgIpc) is 2.79. The van der Waals surface area contributed by atoms with Crippen molar-refractivity contribution in [3.05, 3.63) is 29.3 Å². The SMILES string of the molecule is CC(CN(C)C(=O)Nc1ccc2c(c1)CCC2=O)C(=O)O. The van der Waals surface area contributed by atoms with Crippen LogP contribution in [0.2, 0.25) is 0 Å². The third-order valence-electron chi connectivity index (χ3n) is 3.59. The van der Waals surface area contributed by atoms with Crippen LogP contribution in [0.4, 0.5) is 10.5 Å². The van der Waals surface area contributed by atoms with E-state index in [0.29, 0.717) is 18.5 Å². The summed E-state index contributed by atoms with van der Waals surface area (Å²) in [4.78, 5) is 35.6. The van der Waals surface area contributed by atoms with Crippen molar-refractivity contribution >= 4 is 23.5 Å². The molecule has 0 saturated heterocycles. The fourth-order valence-corrected chi connectivity index (χ4v) is 2.32. The van der Waals surface area contributed by atoms with Crippen LogP contribution in [0.15, 0.2) is 18.2 Å². The second-order valence-corrected chi connectivity index (χ2v) is 5.35. The van der Waals surface area contributed by atoms with Crippen molar-refractivity contribution in [2.24, 2.45) is 5.92 Å². The van der Waals surface area contributed by atoms with E-state index in [9.17, 15) is 14.4 Å². The van der Waals surface area contributed by atoms with Gasteiger partial charge in [-0.05, 0) is 30.2 Å². The number of nitrogens with zero attached hydrogens (tertiary/aromatic N) is 1. The van der Waals surface area contributed by atoms with E-state index in [4.69, 9.17) is 5.11 Å². The number of rotatable bonds is 4. The number of hydrogen-bond acceptors (Lipinski definition) is 3. The number of benzene rings is 1. The Morgan fingerprint density at radius 1 is 1.38 bits per heavy atom. The van der Waals surface area contributed by atoms with Crippen molar-refractivity contribution in [2.45, 2.75) is 19.8 Å². The maximum atomic E-state index is 12.0. The summed E-state index contributed by atoms with van der Waals surface area (Å²) in [5.41, 5.74) is 2.28. The zero-order valence-corrected chi connectivity index (χ0v) is 12.0. The number of anilines is 1. The van der Waals surface area contributed by atoms with Gasteiger partial charge >= 0.3 is 12.0 Å². The van der Waals surface area contributed by atoms with Gasteiger partial charge in [0.25, 0.3) is 0 Å². The lowest BCUT2D eigenvalue weighted by Crippen LogP contribution is -2.36. The first-order chi connectivity index (χ1) is 9.88. The minimum absolute atomic E-state index is 0.130. The Morgan fingerprint density at radius 2 is 2.10 bits per heavy atom. The number of carboxylic acids is 1. The zero-order valence-electron chi connectivity index (χ0n) is 12.0. The van der Waals surface area contributed by atoms with E-state index in [1.54, 1.807) is 32.2 Å². The van der Waals surface area contributed by atoms with Crippen LogP contribution in [-0.2, 0) is 11.2 Å². The van der Waals surface area contributed by atoms with Gasteiger partial charge in [-0.25, -0.2) is 4.79 Å². The minimum Gasteiger partial charge on any atom is -0.481 e. The molecule has 2 amide bonds. The average molecular weight is 290 g/mol. The largest absolute Gasteiger partial charge is 0.481 e. The van der Waals surface area contributed by atoms with Crippen LogP contribution in [0.3, 0.4) is 0 Å². The summed E-state index contributed by atoms with van der Waals surface area (Å²) in [6.07, 6.45) is 1.21. The molecule has 0 heterocycles. The molecule has 1 aliphatic carbocycles. The van der Waals surface area contributed by atoms with E-state index in [1.165, 1.54) is 4.90 Å². The van der Waals surface area contributed by atoms with E-state index in [1.807, 2.05) is 0 Å². The van der Waals surface area contributed by atoms with Crippen LogP contribution in [0, 0.1) is 5.92 Å². The molecule has 1 unspecified atom stereocenters. The lowest BCUT2D eigenvalue weighted by atomic mass is 10.1. The van der Waals surface area contributed by atoms with Crippen molar-refractivity contribution < 1.29 is 19.5 Å². The van der Waals surface area contributed by atoms with Gasteiger partial charge in [-0.1, -0.05) is 6.92 Å². The Labute approximate surface area is 122 Å². The molecular formula is C15H18N2O4. The second kappa shape index (κ2) is 5.95. The lowest BCUT2D eigenvalue weighted by Gasteiger charge is -2.20. The van der Waals surface area contributed by atoms with Gasteiger partial charge in [0.15, 0.2) is 5.78 Å². The van der Waals surface area contributed by atoms with Crippen molar-refractivity contribution in [3.8, 4) is 0 Å². The summed E-state index contributed by atoms with van der Waals surface area (Å²) in [6.45, 7) is 1.68. The molecule has 0 aromatic heterocycles. The Balaban J connectivity index is 2.00. The molecule has 6 nitrogen and oxygen atoms in total. The molecule has 21 heavy (non-hydrogen) atoms. The molecule has 2 rings (SSSR count). The maximum absolute atomic E-state index is 12.0. The number of urea groups is 1. The molecule has 0 radical (unpaired) electrons. The first-order valence-corrected chi connectivity index (χ1v) is 6.79. The van der Waals surface area contributed by atoms with Crippen LogP contribution in [-0.4, -0.2) is 41.4 Å². The molecule has 1 aromatic rings. The first-order valence-electron chi connectivity index (χ1n) is 6.79. The highest BCUT2D eigenvalue weighted by Crippen LogP contribution is 2.25. The van der Waals surface area contributed by atoms with E-state index < -0.39 is 11.9 Å². The fraction of sp³-hybridized carbons (Fsp3) is 0.400. The molecule has 112 valence electrons. The normalized spacial score (nSPS) is 14.5. The third-order valence-corrected chi connectivity index (χ3v) is 3.59. The molecule has 0 spiro atoms. The molecule has 1 aromatic carbocycles. The Kier molecular flexibility index (Phi) is 4.26. The van der Waals surface area contributed by atoms with Crippen molar-refractivity contribution in [1.82, 2.24) is 4.90 Å². The van der Waals surface area contributed by atoms with E-state index in [2.05, 4.69) is 5.32 Å². The molecule has 1 atom stereocenters. The summed E-state index contributed by atoms with van der Waals surface area (Å²) >= 11 is 0. The summed E-state index contributed by atoms with van der Waals surface area (Å²) in [7, 11) is 1.55. The van der Waals surface area contributed by atoms with Gasteiger partial charge in [0.2, 0.25) is 0 Å². The second-order valence-electron chi connectivity index (χ2n) is 5.35. The number of Topliss-reactive ketones (excluding diaryl/α,β-unsaturated/α-hetero) is 1. The van der Waals surface area contributed by atoms with Gasteiger partial charge < -0.3 is 15.3 Å². The van der Waals surface area contributed by atoms with Crippen LogP contribution in [0.25, 0.3) is 0 Å². The fourth-order valence-electron chi connectivity index (χ4n) is 2.32.